The van der Waals surface area contributed by atoms with Gasteiger partial charge in [-0.05, 0) is 140 Å². The Hall–Kier alpha value is -12.7. The molecule has 468 valence electrons. The molecule has 18 aromatic rings. The molecule has 2 aliphatic carbocycles. The number of furan rings is 3. The summed E-state index contributed by atoms with van der Waals surface area (Å²) in [6.07, 6.45) is 0. The average Bonchev–Trinajstić information content (AvgIpc) is 1.58. The highest BCUT2D eigenvalue weighted by atomic mass is 16.3. The van der Waals surface area contributed by atoms with Crippen molar-refractivity contribution in [2.45, 2.75) is 38.5 Å². The summed E-state index contributed by atoms with van der Waals surface area (Å²) in [5.41, 5.74) is 25.4. The van der Waals surface area contributed by atoms with E-state index in [0.717, 1.165) is 121 Å². The number of rotatable bonds is 8. The Bertz CT molecular complexity index is 6250. The van der Waals surface area contributed by atoms with Gasteiger partial charge in [-0.3, -0.25) is 0 Å². The van der Waals surface area contributed by atoms with Gasteiger partial charge in [-0.2, -0.15) is 0 Å². The van der Waals surface area contributed by atoms with Gasteiger partial charge in [0.05, 0.1) is 0 Å². The van der Waals surface area contributed by atoms with E-state index in [1.165, 1.54) is 44.5 Å². The van der Waals surface area contributed by atoms with Crippen LogP contribution in [0.2, 0.25) is 0 Å². The van der Waals surface area contributed by atoms with Crippen molar-refractivity contribution in [3.63, 3.8) is 0 Å². The number of nitrogens with zero attached hydrogens (tertiary/aromatic N) is 6. The van der Waals surface area contributed by atoms with Gasteiger partial charge in [-0.1, -0.05) is 246 Å². The average molecular weight is 1270 g/mol. The lowest BCUT2D eigenvalue weighted by Crippen LogP contribution is -2.14. The Balaban J connectivity index is 0.000000140. The molecular formula is C90H60N6O3. The van der Waals surface area contributed by atoms with Crippen LogP contribution in [0.25, 0.3) is 179 Å². The molecule has 0 aliphatic heterocycles. The first kappa shape index (κ1) is 57.7. The van der Waals surface area contributed by atoms with Gasteiger partial charge in [0.1, 0.15) is 33.5 Å². The first-order valence-electron chi connectivity index (χ1n) is 33.5. The summed E-state index contributed by atoms with van der Waals surface area (Å²) in [5, 5.41) is 6.56. The van der Waals surface area contributed by atoms with Crippen LogP contribution < -0.4 is 0 Å². The summed E-state index contributed by atoms with van der Waals surface area (Å²) in [6, 6.07) is 101. The molecule has 0 radical (unpaired) electrons. The van der Waals surface area contributed by atoms with E-state index in [2.05, 4.69) is 198 Å². The smallest absolute Gasteiger partial charge is 0.164 e. The molecule has 0 saturated heterocycles. The first-order valence-corrected chi connectivity index (χ1v) is 33.5. The molecule has 13 aromatic carbocycles. The van der Waals surface area contributed by atoms with Crippen LogP contribution in [-0.2, 0) is 10.8 Å². The highest BCUT2D eigenvalue weighted by Crippen LogP contribution is 2.53. The summed E-state index contributed by atoms with van der Waals surface area (Å²) >= 11 is 0. The highest BCUT2D eigenvalue weighted by molar-refractivity contribution is 6.13. The van der Waals surface area contributed by atoms with Gasteiger partial charge in [-0.15, -0.1) is 0 Å². The monoisotopic (exact) mass is 1270 g/mol. The number of para-hydroxylation sites is 1. The Morgan fingerprint density at radius 3 is 1.03 bits per heavy atom. The lowest BCUT2D eigenvalue weighted by atomic mass is 9.82. The third-order valence-corrected chi connectivity index (χ3v) is 20.3. The third kappa shape index (κ3) is 9.60. The second-order valence-corrected chi connectivity index (χ2v) is 26.9. The van der Waals surface area contributed by atoms with Crippen LogP contribution in [0.15, 0.2) is 304 Å². The summed E-state index contributed by atoms with van der Waals surface area (Å²) in [7, 11) is 0. The van der Waals surface area contributed by atoms with E-state index in [9.17, 15) is 0 Å². The second kappa shape index (κ2) is 22.4. The molecule has 2 aliphatic rings. The maximum Gasteiger partial charge on any atom is 0.164 e. The largest absolute Gasteiger partial charge is 0.456 e. The highest BCUT2D eigenvalue weighted by Gasteiger charge is 2.38. The molecule has 0 unspecified atom stereocenters. The van der Waals surface area contributed by atoms with E-state index in [1.807, 2.05) is 121 Å². The zero-order valence-corrected chi connectivity index (χ0v) is 54.6. The van der Waals surface area contributed by atoms with Crippen molar-refractivity contribution in [1.82, 2.24) is 29.9 Å². The molecule has 0 spiro atoms. The van der Waals surface area contributed by atoms with Crippen molar-refractivity contribution >= 4 is 65.8 Å². The quantitative estimate of drug-likeness (QED) is 0.147. The number of aromatic nitrogens is 6. The molecule has 5 heterocycles. The number of benzene rings is 13. The summed E-state index contributed by atoms with van der Waals surface area (Å²) in [4.78, 5) is 29.9. The zero-order chi connectivity index (χ0) is 66.1. The molecule has 0 fully saturated rings. The van der Waals surface area contributed by atoms with Crippen molar-refractivity contribution < 1.29 is 13.3 Å². The molecule has 0 amide bonds. The molecule has 9 heteroatoms. The summed E-state index contributed by atoms with van der Waals surface area (Å²) in [6.45, 7) is 9.26. The lowest BCUT2D eigenvalue weighted by molar-refractivity contribution is 0.657. The van der Waals surface area contributed by atoms with Crippen LogP contribution in [0.4, 0.5) is 0 Å². The maximum absolute atomic E-state index is 6.59. The van der Waals surface area contributed by atoms with E-state index in [-0.39, 0.29) is 10.8 Å². The topological polar surface area (TPSA) is 117 Å². The number of hydrogen-bond donors (Lipinski definition) is 0. The maximum atomic E-state index is 6.59. The van der Waals surface area contributed by atoms with Gasteiger partial charge in [-0.25, -0.2) is 29.9 Å². The fourth-order valence-corrected chi connectivity index (χ4v) is 15.2. The SMILES string of the molecule is CC1(C)c2ccccc2-c2cc3oc4cc(-c5cccc(-c6nc(-c7ccccc7)nc(-c7cccc8oc9ccccc9c78)n6)c5)ccc4c3cc21.CC1(C)c2ccccc2-c2cc3oc4cc(-c5cccc(-c6nc(-c7ccccc7)nc(-c7ccccc7)n6)c5)ccc4c3cc21. The fraction of sp³-hybridized carbons (Fsp3) is 0.0667. The van der Waals surface area contributed by atoms with E-state index in [0.29, 0.717) is 34.9 Å². The zero-order valence-electron chi connectivity index (χ0n) is 54.6. The van der Waals surface area contributed by atoms with E-state index < -0.39 is 0 Å². The summed E-state index contributed by atoms with van der Waals surface area (Å²) in [5.74, 6) is 3.74. The van der Waals surface area contributed by atoms with Gasteiger partial charge < -0.3 is 13.3 Å². The van der Waals surface area contributed by atoms with Crippen LogP contribution >= 0.6 is 0 Å². The predicted molar refractivity (Wildman–Crippen MR) is 400 cm³/mol. The van der Waals surface area contributed by atoms with Crippen LogP contribution in [0, 0.1) is 0 Å². The molecule has 0 N–H and O–H groups in total. The molecular weight excluding hydrogens is 1210 g/mol. The van der Waals surface area contributed by atoms with Crippen molar-refractivity contribution in [3.8, 4) is 113 Å². The van der Waals surface area contributed by atoms with Crippen LogP contribution in [0.5, 0.6) is 0 Å². The standard InChI is InChI=1S/C48H31N3O2.C42H29N3O/c1-48(2)38-19-8-6-16-32(38)36-27-43-37(26-39(36)48)33-23-22-30(25-42(33)53-43)29-14-10-15-31(24-29)46-49-45(28-12-4-3-5-13-28)50-47(51-46)35-18-11-21-41-44(35)34-17-7-9-20-40(34)52-41;1-42(2)35-19-10-9-18-31(35)33-25-38-34(24-36(33)42)32-21-20-29(23-37(32)46-38)28-16-11-17-30(22-28)41-44-39(26-12-5-3-6-13-26)43-40(45-41)27-14-7-4-8-15-27/h3-27H,1-2H3;3-25H,1-2H3. The van der Waals surface area contributed by atoms with Crippen molar-refractivity contribution in [1.29, 1.82) is 0 Å². The molecule has 9 nitrogen and oxygen atoms in total. The Labute approximate surface area is 570 Å². The predicted octanol–water partition coefficient (Wildman–Crippen LogP) is 23.4. The number of fused-ring (bicyclic) bond motifs is 15. The number of hydrogen-bond acceptors (Lipinski definition) is 9. The van der Waals surface area contributed by atoms with Gasteiger partial charge >= 0.3 is 0 Å². The van der Waals surface area contributed by atoms with E-state index >= 15 is 0 Å². The summed E-state index contributed by atoms with van der Waals surface area (Å²) < 4.78 is 19.3. The molecule has 20 rings (SSSR count). The lowest BCUT2D eigenvalue weighted by Gasteiger charge is -2.21. The van der Waals surface area contributed by atoms with Crippen LogP contribution in [-0.4, -0.2) is 29.9 Å². The molecule has 0 atom stereocenters. The Kier molecular flexibility index (Phi) is 13.1. The van der Waals surface area contributed by atoms with Gasteiger partial charge in [0.25, 0.3) is 0 Å². The van der Waals surface area contributed by atoms with Gasteiger partial charge in [0.2, 0.25) is 0 Å². The van der Waals surface area contributed by atoms with Crippen LogP contribution in [0.1, 0.15) is 49.9 Å². The minimum atomic E-state index is -0.0712. The van der Waals surface area contributed by atoms with Crippen molar-refractivity contribution in [2.75, 3.05) is 0 Å². The minimum absolute atomic E-state index is 0.0557. The molecule has 99 heavy (non-hydrogen) atoms. The molecule has 5 aromatic heterocycles. The normalized spacial score (nSPS) is 13.2. The van der Waals surface area contributed by atoms with Gasteiger partial charge in [0.15, 0.2) is 34.9 Å². The van der Waals surface area contributed by atoms with Gasteiger partial charge in [0, 0.05) is 76.5 Å². The first-order chi connectivity index (χ1) is 48.5. The Morgan fingerprint density at radius 1 is 0.202 bits per heavy atom. The molecule has 0 bridgehead atoms. The second-order valence-electron chi connectivity index (χ2n) is 26.9. The van der Waals surface area contributed by atoms with Crippen molar-refractivity contribution in [2.24, 2.45) is 0 Å². The van der Waals surface area contributed by atoms with Crippen molar-refractivity contribution in [3.05, 3.63) is 313 Å². The third-order valence-electron chi connectivity index (χ3n) is 20.3. The van der Waals surface area contributed by atoms with E-state index in [4.69, 9.17) is 43.2 Å². The van der Waals surface area contributed by atoms with Crippen LogP contribution in [0.3, 0.4) is 0 Å². The molecule has 0 saturated carbocycles. The minimum Gasteiger partial charge on any atom is -0.456 e. The fourth-order valence-electron chi connectivity index (χ4n) is 15.2. The Morgan fingerprint density at radius 2 is 0.545 bits per heavy atom. The van der Waals surface area contributed by atoms with E-state index in [1.54, 1.807) is 0 Å².